The molecule has 0 spiro atoms. The first-order chi connectivity index (χ1) is 33.3. The van der Waals surface area contributed by atoms with Gasteiger partial charge in [-0.15, -0.1) is 11.3 Å². The number of H-pyrrole nitrogens is 1. The van der Waals surface area contributed by atoms with Crippen molar-refractivity contribution in [3.63, 3.8) is 0 Å². The van der Waals surface area contributed by atoms with Crippen LogP contribution in [0, 0.1) is 24.0 Å². The SMILES string of the molecule is Cc1ncsc1-c1ccc(CNC(=O)[C@@H]2C[C@@H](O)CN2C(=O)C(NC(=O)COCCOCCCCCOc2cc(F)c([C@@H]3c4[nH]c5ccccc5c4C[C@@H](C)N3CC(C)(F)F)c(F)c2)C(C)(C)C)cc1. The van der Waals surface area contributed by atoms with Crippen LogP contribution in [0.25, 0.3) is 21.3 Å². The number of amides is 3. The van der Waals surface area contributed by atoms with Crippen molar-refractivity contribution in [3.8, 4) is 16.2 Å². The molecule has 1 unspecified atom stereocenters. The number of aryl methyl sites for hydroxylation is 1. The van der Waals surface area contributed by atoms with Crippen LogP contribution < -0.4 is 15.4 Å². The number of aliphatic hydroxyl groups is 1. The van der Waals surface area contributed by atoms with Gasteiger partial charge >= 0.3 is 0 Å². The first-order valence-corrected chi connectivity index (χ1v) is 24.7. The minimum absolute atomic E-state index is 0.000941. The van der Waals surface area contributed by atoms with Crippen LogP contribution in [0.1, 0.15) is 94.4 Å². The summed E-state index contributed by atoms with van der Waals surface area (Å²) < 4.78 is 77.8. The number of aliphatic hydroxyl groups excluding tert-OH is 1. The number of unbranched alkanes of at least 4 members (excludes halogenated alkanes) is 2. The van der Waals surface area contributed by atoms with E-state index in [0.717, 1.165) is 57.2 Å². The fraction of sp³-hybridized carbons (Fsp3) is 0.500. The summed E-state index contributed by atoms with van der Waals surface area (Å²) in [4.78, 5) is 51.9. The molecule has 7 rings (SSSR count). The Bertz CT molecular complexity index is 2570. The topological polar surface area (TPSA) is 158 Å². The maximum absolute atomic E-state index is 15.9. The zero-order valence-corrected chi connectivity index (χ0v) is 41.4. The molecule has 1 saturated heterocycles. The second-order valence-electron chi connectivity index (χ2n) is 19.6. The summed E-state index contributed by atoms with van der Waals surface area (Å²) in [6.07, 6.45) is 1.55. The Morgan fingerprint density at radius 1 is 0.957 bits per heavy atom. The van der Waals surface area contributed by atoms with E-state index in [1.807, 2.05) is 55.5 Å². The number of carbonyl (C=O) groups is 3. The molecule has 18 heteroatoms. The second-order valence-corrected chi connectivity index (χ2v) is 20.4. The molecule has 0 bridgehead atoms. The van der Waals surface area contributed by atoms with Crippen LogP contribution in [0.4, 0.5) is 17.6 Å². The maximum atomic E-state index is 15.9. The highest BCUT2D eigenvalue weighted by Gasteiger charge is 2.45. The quantitative estimate of drug-likeness (QED) is 0.0420. The Morgan fingerprint density at radius 3 is 2.34 bits per heavy atom. The molecule has 3 aromatic carbocycles. The zero-order chi connectivity index (χ0) is 50.3. The fourth-order valence-electron chi connectivity index (χ4n) is 9.33. The molecule has 2 aliphatic heterocycles. The van der Waals surface area contributed by atoms with Crippen LogP contribution in [0.3, 0.4) is 0 Å². The van der Waals surface area contributed by atoms with Crippen molar-refractivity contribution in [1.82, 2.24) is 30.4 Å². The lowest BCUT2D eigenvalue weighted by molar-refractivity contribution is -0.144. The van der Waals surface area contributed by atoms with Gasteiger partial charge in [-0.1, -0.05) is 63.2 Å². The molecule has 13 nitrogen and oxygen atoms in total. The van der Waals surface area contributed by atoms with E-state index in [9.17, 15) is 28.3 Å². The molecule has 0 saturated carbocycles. The second kappa shape index (κ2) is 22.8. The van der Waals surface area contributed by atoms with Gasteiger partial charge in [-0.3, -0.25) is 19.3 Å². The van der Waals surface area contributed by atoms with Gasteiger partial charge in [0.25, 0.3) is 5.92 Å². The number of hydrogen-bond donors (Lipinski definition) is 4. The molecule has 4 heterocycles. The molecular weight excluding hydrogens is 929 g/mol. The highest BCUT2D eigenvalue weighted by atomic mass is 32.1. The number of nitrogens with one attached hydrogen (secondary N) is 3. The lowest BCUT2D eigenvalue weighted by Gasteiger charge is -2.42. The van der Waals surface area contributed by atoms with E-state index in [2.05, 4.69) is 20.6 Å². The summed E-state index contributed by atoms with van der Waals surface area (Å²) >= 11 is 1.56. The predicted octanol–water partition coefficient (Wildman–Crippen LogP) is 8.26. The summed E-state index contributed by atoms with van der Waals surface area (Å²) in [5, 5.41) is 17.1. The van der Waals surface area contributed by atoms with Gasteiger partial charge in [-0.2, -0.15) is 0 Å². The molecule has 5 aromatic rings. The standard InChI is InChI=1S/C52H64F4N6O7S/c1-31-22-38-37-12-8-9-13-41(37)59-45(38)46(62(31)29-52(6,55)56)44-39(53)24-36(25-40(44)54)69-19-11-7-10-18-67-20-21-68-28-43(64)60-48(51(3,4)5)50(66)61-27-35(63)23-42(61)49(65)57-26-33-14-16-34(17-15-33)47-32(2)58-30-70-47/h8-9,12-17,24-25,30-31,35,42,46,48,59,63H,7,10-11,18-23,26-29H2,1-6H3,(H,57,65)(H,60,64)/t31-,35-,42+,46-,48?/m1/s1. The highest BCUT2D eigenvalue weighted by Crippen LogP contribution is 2.44. The Morgan fingerprint density at radius 2 is 1.66 bits per heavy atom. The summed E-state index contributed by atoms with van der Waals surface area (Å²) in [7, 11) is 0. The van der Waals surface area contributed by atoms with Crippen molar-refractivity contribution in [2.24, 2.45) is 5.41 Å². The van der Waals surface area contributed by atoms with E-state index in [1.165, 1.54) is 9.80 Å². The number of hydrogen-bond acceptors (Lipinski definition) is 10. The van der Waals surface area contributed by atoms with Crippen molar-refractivity contribution in [2.45, 2.75) is 116 Å². The van der Waals surface area contributed by atoms with Gasteiger partial charge in [0.05, 0.1) is 54.6 Å². The van der Waals surface area contributed by atoms with Crippen LogP contribution in [0.15, 0.2) is 66.2 Å². The normalized spacial score (nSPS) is 19.0. The van der Waals surface area contributed by atoms with Crippen molar-refractivity contribution >= 4 is 40.0 Å². The number of carbonyl (C=O) groups excluding carboxylic acids is 3. The number of nitrogens with zero attached hydrogens (tertiary/aromatic N) is 3. The molecule has 3 amide bonds. The van der Waals surface area contributed by atoms with Gasteiger partial charge in [0.15, 0.2) is 0 Å². The number of rotatable bonds is 21. The molecule has 70 heavy (non-hydrogen) atoms. The number of alkyl halides is 2. The van der Waals surface area contributed by atoms with Crippen LogP contribution in [0.5, 0.6) is 5.75 Å². The lowest BCUT2D eigenvalue weighted by Crippen LogP contribution is -2.58. The summed E-state index contributed by atoms with van der Waals surface area (Å²) in [6.45, 7) is 10.1. The van der Waals surface area contributed by atoms with E-state index in [4.69, 9.17) is 14.2 Å². The smallest absolute Gasteiger partial charge is 0.257 e. The number of thiazole rings is 1. The Kier molecular flexibility index (Phi) is 17.1. The van der Waals surface area contributed by atoms with Gasteiger partial charge in [0, 0.05) is 73.4 Å². The average Bonchev–Trinajstić information content (AvgIpc) is 4.02. The van der Waals surface area contributed by atoms with Crippen LogP contribution in [0.2, 0.25) is 0 Å². The molecule has 2 aliphatic rings. The van der Waals surface area contributed by atoms with E-state index in [-0.39, 0.29) is 57.3 Å². The first-order valence-electron chi connectivity index (χ1n) is 23.8. The van der Waals surface area contributed by atoms with E-state index in [0.29, 0.717) is 38.0 Å². The fourth-order valence-corrected chi connectivity index (χ4v) is 10.1. The molecule has 2 aromatic heterocycles. The number of para-hydroxylation sites is 1. The first kappa shape index (κ1) is 52.4. The third kappa shape index (κ3) is 12.9. The number of halogens is 4. The number of aromatic nitrogens is 2. The summed E-state index contributed by atoms with van der Waals surface area (Å²) in [5.41, 5.74) is 5.75. The van der Waals surface area contributed by atoms with Gasteiger partial charge in [-0.05, 0) is 67.7 Å². The van der Waals surface area contributed by atoms with Crippen LogP contribution in [-0.4, -0.2) is 119 Å². The summed E-state index contributed by atoms with van der Waals surface area (Å²) in [5.74, 6) is -6.25. The Labute approximate surface area is 410 Å². The molecule has 5 atom stereocenters. The molecule has 0 radical (unpaired) electrons. The molecule has 1 fully saturated rings. The minimum atomic E-state index is -3.10. The van der Waals surface area contributed by atoms with E-state index < -0.39 is 77.5 Å². The molecule has 4 N–H and O–H groups in total. The Balaban J connectivity index is 0.808. The van der Waals surface area contributed by atoms with Crippen LogP contribution in [-0.2, 0) is 36.8 Å². The average molecular weight is 993 g/mol. The summed E-state index contributed by atoms with van der Waals surface area (Å²) in [6, 6.07) is 14.1. The van der Waals surface area contributed by atoms with E-state index in [1.54, 1.807) is 44.5 Å². The van der Waals surface area contributed by atoms with E-state index >= 15 is 8.78 Å². The number of β-amino-alcohol motifs (C(OH)–C–C–N with tert-alkyl or cyclic N) is 1. The molecule has 0 aliphatic carbocycles. The highest BCUT2D eigenvalue weighted by molar-refractivity contribution is 7.13. The third-order valence-corrected chi connectivity index (χ3v) is 13.8. The zero-order valence-electron chi connectivity index (χ0n) is 40.6. The van der Waals surface area contributed by atoms with Gasteiger partial charge in [-0.25, -0.2) is 22.5 Å². The maximum Gasteiger partial charge on any atom is 0.257 e. The van der Waals surface area contributed by atoms with Crippen molar-refractivity contribution in [2.75, 3.05) is 46.1 Å². The van der Waals surface area contributed by atoms with Crippen molar-refractivity contribution in [3.05, 3.63) is 106 Å². The molecular formula is C52H64F4N6O7S. The Hall–Kier alpha value is -5.40. The predicted molar refractivity (Wildman–Crippen MR) is 260 cm³/mol. The minimum Gasteiger partial charge on any atom is -0.493 e. The number of aromatic amines is 1. The van der Waals surface area contributed by atoms with Gasteiger partial charge in [0.2, 0.25) is 17.7 Å². The van der Waals surface area contributed by atoms with Gasteiger partial charge in [0.1, 0.15) is 36.1 Å². The number of fused-ring (bicyclic) bond motifs is 3. The number of ether oxygens (including phenoxy) is 3. The van der Waals surface area contributed by atoms with Crippen molar-refractivity contribution in [1.29, 1.82) is 0 Å². The molecule has 378 valence electrons. The van der Waals surface area contributed by atoms with Crippen LogP contribution >= 0.6 is 11.3 Å². The third-order valence-electron chi connectivity index (χ3n) is 12.8. The van der Waals surface area contributed by atoms with Gasteiger partial charge < -0.3 is 39.8 Å². The lowest BCUT2D eigenvalue weighted by atomic mass is 9.85. The number of likely N-dealkylation sites (tertiary alicyclic amines) is 1. The largest absolute Gasteiger partial charge is 0.493 e. The number of benzene rings is 3. The van der Waals surface area contributed by atoms with Crippen molar-refractivity contribution < 1.29 is 51.3 Å². The monoisotopic (exact) mass is 992 g/mol.